The molecule has 0 aliphatic heterocycles. The summed E-state index contributed by atoms with van der Waals surface area (Å²) in [5, 5.41) is 4.59. The summed E-state index contributed by atoms with van der Waals surface area (Å²) in [5.74, 6) is 0. The highest BCUT2D eigenvalue weighted by Crippen LogP contribution is 2.31. The molecule has 3 heteroatoms. The quantitative estimate of drug-likeness (QED) is 0.901. The number of nitrogens with zero attached hydrogens (tertiary/aromatic N) is 1. The van der Waals surface area contributed by atoms with Gasteiger partial charge in [-0.15, -0.1) is 0 Å². The van der Waals surface area contributed by atoms with Gasteiger partial charge in [0.05, 0.1) is 11.7 Å². The molecule has 1 fully saturated rings. The summed E-state index contributed by atoms with van der Waals surface area (Å²) in [6.07, 6.45) is 8.02. The van der Waals surface area contributed by atoms with Crippen LogP contribution in [0.2, 0.25) is 0 Å². The van der Waals surface area contributed by atoms with Crippen molar-refractivity contribution < 1.29 is 0 Å². The van der Waals surface area contributed by atoms with Gasteiger partial charge in [0.2, 0.25) is 0 Å². The molecule has 1 saturated carbocycles. The topological polar surface area (TPSA) is 24.9 Å². The highest BCUT2D eigenvalue weighted by atomic mass is 32.2. The molecule has 110 valence electrons. The zero-order chi connectivity index (χ0) is 14.5. The molecule has 0 saturated heterocycles. The van der Waals surface area contributed by atoms with Gasteiger partial charge in [-0.3, -0.25) is 4.98 Å². The molecule has 0 spiro atoms. The van der Waals surface area contributed by atoms with Crippen LogP contribution < -0.4 is 5.32 Å². The van der Waals surface area contributed by atoms with Crippen LogP contribution in [0.1, 0.15) is 36.6 Å². The van der Waals surface area contributed by atoms with Crippen molar-refractivity contribution in [2.75, 3.05) is 6.26 Å². The summed E-state index contributed by atoms with van der Waals surface area (Å²) < 4.78 is 0. The third-order valence-electron chi connectivity index (χ3n) is 4.25. The van der Waals surface area contributed by atoms with Gasteiger partial charge in [-0.2, -0.15) is 11.8 Å². The van der Waals surface area contributed by atoms with Crippen LogP contribution in [-0.2, 0) is 0 Å². The van der Waals surface area contributed by atoms with Gasteiger partial charge >= 0.3 is 0 Å². The van der Waals surface area contributed by atoms with Crippen molar-refractivity contribution >= 4 is 11.8 Å². The van der Waals surface area contributed by atoms with Crippen molar-refractivity contribution in [2.24, 2.45) is 0 Å². The standard InChI is InChI=1S/C18H22N2S/c1-21-17-12-7-11-15(17)20-18(14-8-3-2-4-9-14)16-10-5-6-13-19-16/h2-6,8-10,13,15,17-18,20H,7,11-12H2,1H3. The third-order valence-corrected chi connectivity index (χ3v) is 5.42. The van der Waals surface area contributed by atoms with Crippen molar-refractivity contribution in [3.05, 3.63) is 66.0 Å². The predicted molar refractivity (Wildman–Crippen MR) is 90.6 cm³/mol. The molecule has 2 aromatic rings. The number of nitrogens with one attached hydrogen (secondary N) is 1. The van der Waals surface area contributed by atoms with Crippen LogP contribution in [0.25, 0.3) is 0 Å². The minimum absolute atomic E-state index is 0.185. The van der Waals surface area contributed by atoms with E-state index >= 15 is 0 Å². The number of pyridine rings is 1. The summed E-state index contributed by atoms with van der Waals surface area (Å²) in [4.78, 5) is 4.58. The molecular weight excluding hydrogens is 276 g/mol. The first-order valence-electron chi connectivity index (χ1n) is 7.63. The minimum atomic E-state index is 0.185. The lowest BCUT2D eigenvalue weighted by Gasteiger charge is -2.26. The van der Waals surface area contributed by atoms with Crippen LogP contribution in [0.4, 0.5) is 0 Å². The van der Waals surface area contributed by atoms with Gasteiger partial charge in [-0.1, -0.05) is 42.8 Å². The molecule has 21 heavy (non-hydrogen) atoms. The number of aromatic nitrogens is 1. The lowest BCUT2D eigenvalue weighted by molar-refractivity contribution is 0.479. The number of hydrogen-bond acceptors (Lipinski definition) is 3. The number of benzene rings is 1. The van der Waals surface area contributed by atoms with E-state index in [0.29, 0.717) is 6.04 Å². The maximum atomic E-state index is 4.58. The fourth-order valence-electron chi connectivity index (χ4n) is 3.16. The summed E-state index contributed by atoms with van der Waals surface area (Å²) in [6.45, 7) is 0. The van der Waals surface area contributed by atoms with Crippen molar-refractivity contribution in [3.63, 3.8) is 0 Å². The van der Waals surface area contributed by atoms with Crippen LogP contribution in [-0.4, -0.2) is 22.5 Å². The van der Waals surface area contributed by atoms with Crippen LogP contribution in [0, 0.1) is 0 Å². The first-order valence-corrected chi connectivity index (χ1v) is 8.92. The maximum absolute atomic E-state index is 4.58. The third kappa shape index (κ3) is 3.47. The first-order chi connectivity index (χ1) is 10.4. The average Bonchev–Trinajstić information content (AvgIpc) is 3.01. The molecule has 2 nitrogen and oxygen atoms in total. The van der Waals surface area contributed by atoms with Gasteiger partial charge in [0.1, 0.15) is 0 Å². The van der Waals surface area contributed by atoms with E-state index in [1.54, 1.807) is 0 Å². The highest BCUT2D eigenvalue weighted by molar-refractivity contribution is 7.99. The molecule has 0 amide bonds. The SMILES string of the molecule is CSC1CCCC1NC(c1ccccc1)c1ccccn1. The Morgan fingerprint density at radius 3 is 2.62 bits per heavy atom. The van der Waals surface area contributed by atoms with E-state index in [-0.39, 0.29) is 6.04 Å². The Kier molecular flexibility index (Phi) is 4.94. The lowest BCUT2D eigenvalue weighted by Crippen LogP contribution is -2.37. The summed E-state index contributed by atoms with van der Waals surface area (Å²) in [6, 6.07) is 17.6. The normalized spacial score (nSPS) is 23.1. The molecule has 0 radical (unpaired) electrons. The Hall–Kier alpha value is -1.32. The van der Waals surface area contributed by atoms with Crippen LogP contribution in [0.15, 0.2) is 54.7 Å². The molecule has 1 aromatic heterocycles. The van der Waals surface area contributed by atoms with E-state index in [4.69, 9.17) is 0 Å². The van der Waals surface area contributed by atoms with Crippen molar-refractivity contribution in [1.82, 2.24) is 10.3 Å². The van der Waals surface area contributed by atoms with Gasteiger partial charge in [0.25, 0.3) is 0 Å². The summed E-state index contributed by atoms with van der Waals surface area (Å²) in [5.41, 5.74) is 2.40. The number of rotatable bonds is 5. The van der Waals surface area contributed by atoms with Gasteiger partial charge in [-0.05, 0) is 36.8 Å². The minimum Gasteiger partial charge on any atom is -0.301 e. The molecule has 3 atom stereocenters. The molecule has 1 N–H and O–H groups in total. The number of thioether (sulfide) groups is 1. The first kappa shape index (κ1) is 14.6. The van der Waals surface area contributed by atoms with E-state index in [9.17, 15) is 0 Å². The zero-order valence-corrected chi connectivity index (χ0v) is 13.2. The van der Waals surface area contributed by atoms with Crippen LogP contribution in [0.5, 0.6) is 0 Å². The Bertz CT molecular complexity index is 504. The Morgan fingerprint density at radius 1 is 1.10 bits per heavy atom. The summed E-state index contributed by atoms with van der Waals surface area (Å²) in [7, 11) is 0. The molecular formula is C18H22N2S. The molecule has 3 rings (SSSR count). The van der Waals surface area contributed by atoms with Gasteiger partial charge < -0.3 is 5.32 Å². The number of hydrogen-bond donors (Lipinski definition) is 1. The Labute approximate surface area is 131 Å². The fourth-order valence-corrected chi connectivity index (χ4v) is 4.10. The van der Waals surface area contributed by atoms with Gasteiger partial charge in [0, 0.05) is 17.5 Å². The largest absolute Gasteiger partial charge is 0.301 e. The smallest absolute Gasteiger partial charge is 0.0753 e. The van der Waals surface area contributed by atoms with E-state index in [2.05, 4.69) is 59.0 Å². The van der Waals surface area contributed by atoms with Crippen molar-refractivity contribution in [2.45, 2.75) is 36.6 Å². The molecule has 1 aliphatic rings. The second kappa shape index (κ2) is 7.10. The zero-order valence-electron chi connectivity index (χ0n) is 12.4. The van der Waals surface area contributed by atoms with Crippen LogP contribution >= 0.6 is 11.8 Å². The van der Waals surface area contributed by atoms with Gasteiger partial charge in [0.15, 0.2) is 0 Å². The van der Waals surface area contributed by atoms with Crippen molar-refractivity contribution in [1.29, 1.82) is 0 Å². The highest BCUT2D eigenvalue weighted by Gasteiger charge is 2.29. The predicted octanol–water partition coefficient (Wildman–Crippen LogP) is 4.04. The van der Waals surface area contributed by atoms with Crippen molar-refractivity contribution in [3.8, 4) is 0 Å². The average molecular weight is 298 g/mol. The van der Waals surface area contributed by atoms with Crippen LogP contribution in [0.3, 0.4) is 0 Å². The lowest BCUT2D eigenvalue weighted by atomic mass is 10.0. The molecule has 0 bridgehead atoms. The van der Waals surface area contributed by atoms with E-state index in [0.717, 1.165) is 10.9 Å². The maximum Gasteiger partial charge on any atom is 0.0753 e. The Morgan fingerprint density at radius 2 is 1.90 bits per heavy atom. The monoisotopic (exact) mass is 298 g/mol. The second-order valence-electron chi connectivity index (χ2n) is 5.58. The summed E-state index contributed by atoms with van der Waals surface area (Å²) >= 11 is 1.99. The van der Waals surface area contributed by atoms with Gasteiger partial charge in [-0.25, -0.2) is 0 Å². The van der Waals surface area contributed by atoms with E-state index in [1.807, 2.05) is 24.0 Å². The molecule has 3 unspecified atom stereocenters. The van der Waals surface area contributed by atoms with E-state index < -0.39 is 0 Å². The second-order valence-corrected chi connectivity index (χ2v) is 6.65. The van der Waals surface area contributed by atoms with E-state index in [1.165, 1.54) is 24.8 Å². The molecule has 1 aliphatic carbocycles. The molecule has 1 heterocycles. The molecule has 1 aromatic carbocycles. The Balaban J connectivity index is 1.86. The fraction of sp³-hybridized carbons (Fsp3) is 0.389.